The number of sulfonamides is 1. The first-order chi connectivity index (χ1) is 13.7. The average molecular weight is 435 g/mol. The lowest BCUT2D eigenvalue weighted by molar-refractivity contribution is -0.122. The Morgan fingerprint density at radius 2 is 1.79 bits per heavy atom. The molecule has 156 valence electrons. The third kappa shape index (κ3) is 4.93. The lowest BCUT2D eigenvalue weighted by Crippen LogP contribution is -2.49. The largest absolute Gasteiger partial charge is 0.348 e. The van der Waals surface area contributed by atoms with Crippen LogP contribution in [0.2, 0.25) is 5.02 Å². The highest BCUT2D eigenvalue weighted by molar-refractivity contribution is 7.92. The summed E-state index contributed by atoms with van der Waals surface area (Å²) in [6, 6.07) is 11.7. The van der Waals surface area contributed by atoms with Gasteiger partial charge in [-0.15, -0.1) is 0 Å². The molecule has 3 rings (SSSR count). The predicted octanol–water partition coefficient (Wildman–Crippen LogP) is 4.25. The van der Waals surface area contributed by atoms with Crippen molar-refractivity contribution >= 4 is 33.2 Å². The average Bonchev–Trinajstić information content (AvgIpc) is 3.13. The zero-order chi connectivity index (χ0) is 21.2. The SMILES string of the molecule is CC[C@H](C(=O)N[C@@H](C)c1ccc2c(c1)CCC2)N(c1ccc(Cl)cc1)S(C)(=O)=O. The Hall–Kier alpha value is -2.05. The quantitative estimate of drug-likeness (QED) is 0.708. The zero-order valence-electron chi connectivity index (χ0n) is 17.0. The summed E-state index contributed by atoms with van der Waals surface area (Å²) >= 11 is 5.94. The van der Waals surface area contributed by atoms with Crippen LogP contribution < -0.4 is 9.62 Å². The molecule has 0 spiro atoms. The number of hydrogen-bond donors (Lipinski definition) is 1. The van der Waals surface area contributed by atoms with E-state index in [1.165, 1.54) is 21.9 Å². The fraction of sp³-hybridized carbons (Fsp3) is 0.409. The number of rotatable bonds is 7. The fourth-order valence-electron chi connectivity index (χ4n) is 3.90. The summed E-state index contributed by atoms with van der Waals surface area (Å²) in [6.45, 7) is 3.73. The number of nitrogens with one attached hydrogen (secondary N) is 1. The fourth-order valence-corrected chi connectivity index (χ4v) is 5.24. The number of fused-ring (bicyclic) bond motifs is 1. The van der Waals surface area contributed by atoms with Crippen LogP contribution in [-0.4, -0.2) is 26.6 Å². The molecule has 0 aliphatic heterocycles. The van der Waals surface area contributed by atoms with Gasteiger partial charge in [-0.1, -0.05) is 36.7 Å². The van der Waals surface area contributed by atoms with E-state index in [0.29, 0.717) is 17.1 Å². The Kier molecular flexibility index (Phi) is 6.54. The van der Waals surface area contributed by atoms with Crippen LogP contribution in [0.4, 0.5) is 5.69 Å². The molecule has 5 nitrogen and oxygen atoms in total. The van der Waals surface area contributed by atoms with Crippen molar-refractivity contribution in [2.45, 2.75) is 51.6 Å². The van der Waals surface area contributed by atoms with Crippen molar-refractivity contribution in [3.8, 4) is 0 Å². The van der Waals surface area contributed by atoms with Crippen LogP contribution in [-0.2, 0) is 27.7 Å². The van der Waals surface area contributed by atoms with Gasteiger partial charge < -0.3 is 5.32 Å². The Morgan fingerprint density at radius 1 is 1.14 bits per heavy atom. The lowest BCUT2D eigenvalue weighted by atomic mass is 10.0. The Labute approximate surface area is 178 Å². The summed E-state index contributed by atoms with van der Waals surface area (Å²) in [4.78, 5) is 13.1. The van der Waals surface area contributed by atoms with Gasteiger partial charge in [0.1, 0.15) is 6.04 Å². The first kappa shape index (κ1) is 21.7. The summed E-state index contributed by atoms with van der Waals surface area (Å²) in [5.74, 6) is -0.319. The van der Waals surface area contributed by atoms with E-state index in [-0.39, 0.29) is 11.9 Å². The first-order valence-electron chi connectivity index (χ1n) is 9.87. The molecule has 1 amide bonds. The second-order valence-electron chi connectivity index (χ2n) is 7.57. The molecule has 2 aromatic carbocycles. The minimum Gasteiger partial charge on any atom is -0.348 e. The van der Waals surface area contributed by atoms with Gasteiger partial charge in [0.25, 0.3) is 0 Å². The third-order valence-corrected chi connectivity index (χ3v) is 6.82. The van der Waals surface area contributed by atoms with Crippen LogP contribution in [0.3, 0.4) is 0 Å². The van der Waals surface area contributed by atoms with Crippen LogP contribution in [0.15, 0.2) is 42.5 Å². The highest BCUT2D eigenvalue weighted by atomic mass is 35.5. The van der Waals surface area contributed by atoms with Gasteiger partial charge in [0, 0.05) is 5.02 Å². The second kappa shape index (κ2) is 8.76. The Bertz CT molecular complexity index is 990. The van der Waals surface area contributed by atoms with Gasteiger partial charge >= 0.3 is 0 Å². The van der Waals surface area contributed by atoms with Gasteiger partial charge in [0.2, 0.25) is 15.9 Å². The van der Waals surface area contributed by atoms with E-state index in [4.69, 9.17) is 11.6 Å². The molecule has 2 aromatic rings. The summed E-state index contributed by atoms with van der Waals surface area (Å²) < 4.78 is 26.2. The van der Waals surface area contributed by atoms with E-state index in [0.717, 1.165) is 24.7 Å². The molecule has 0 radical (unpaired) electrons. The number of carbonyl (C=O) groups excluding carboxylic acids is 1. The van der Waals surface area contributed by atoms with Crippen molar-refractivity contribution in [3.63, 3.8) is 0 Å². The van der Waals surface area contributed by atoms with Crippen molar-refractivity contribution in [1.82, 2.24) is 5.32 Å². The predicted molar refractivity (Wildman–Crippen MR) is 118 cm³/mol. The maximum atomic E-state index is 13.1. The van der Waals surface area contributed by atoms with Crippen LogP contribution in [0.1, 0.15) is 49.4 Å². The molecule has 0 fully saturated rings. The summed E-state index contributed by atoms with van der Waals surface area (Å²) in [5, 5.41) is 3.51. The monoisotopic (exact) mass is 434 g/mol. The Morgan fingerprint density at radius 3 is 2.41 bits per heavy atom. The van der Waals surface area contributed by atoms with Gasteiger partial charge in [-0.05, 0) is 73.6 Å². The molecule has 7 heteroatoms. The van der Waals surface area contributed by atoms with E-state index in [9.17, 15) is 13.2 Å². The lowest BCUT2D eigenvalue weighted by Gasteiger charge is -2.31. The summed E-state index contributed by atoms with van der Waals surface area (Å²) in [7, 11) is -3.67. The molecular formula is C22H27ClN2O3S. The van der Waals surface area contributed by atoms with Crippen LogP contribution in [0.25, 0.3) is 0 Å². The summed E-state index contributed by atoms with van der Waals surface area (Å²) in [6.07, 6.45) is 4.81. The topological polar surface area (TPSA) is 66.5 Å². The minimum absolute atomic E-state index is 0.214. The number of amides is 1. The smallest absolute Gasteiger partial charge is 0.244 e. The number of halogens is 1. The van der Waals surface area contributed by atoms with E-state index >= 15 is 0 Å². The maximum Gasteiger partial charge on any atom is 0.244 e. The maximum absolute atomic E-state index is 13.1. The number of carbonyl (C=O) groups is 1. The molecular weight excluding hydrogens is 408 g/mol. The molecule has 0 heterocycles. The molecule has 0 saturated heterocycles. The Balaban J connectivity index is 1.83. The molecule has 29 heavy (non-hydrogen) atoms. The number of anilines is 1. The number of benzene rings is 2. The molecule has 0 unspecified atom stereocenters. The molecule has 1 aliphatic carbocycles. The molecule has 0 saturated carbocycles. The highest BCUT2D eigenvalue weighted by Crippen LogP contribution is 2.27. The van der Waals surface area contributed by atoms with Crippen LogP contribution in [0, 0.1) is 0 Å². The van der Waals surface area contributed by atoms with E-state index in [2.05, 4.69) is 17.4 Å². The van der Waals surface area contributed by atoms with Crippen molar-refractivity contribution in [3.05, 3.63) is 64.2 Å². The standard InChI is InChI=1S/C22H27ClN2O3S/c1-4-21(25(29(3,27)28)20-12-10-19(23)11-13-20)22(26)24-15(2)17-9-8-16-6-5-7-18(16)14-17/h8-15,21H,4-7H2,1-3H3,(H,24,26)/t15-,21+/m0/s1. The van der Waals surface area contributed by atoms with Crippen molar-refractivity contribution in [2.75, 3.05) is 10.6 Å². The third-order valence-electron chi connectivity index (χ3n) is 5.39. The highest BCUT2D eigenvalue weighted by Gasteiger charge is 2.32. The van der Waals surface area contributed by atoms with Crippen molar-refractivity contribution < 1.29 is 13.2 Å². The molecule has 1 N–H and O–H groups in total. The van der Waals surface area contributed by atoms with Crippen LogP contribution in [0.5, 0.6) is 0 Å². The summed E-state index contributed by atoms with van der Waals surface area (Å²) in [5.41, 5.74) is 4.18. The second-order valence-corrected chi connectivity index (χ2v) is 9.87. The van der Waals surface area contributed by atoms with Gasteiger partial charge in [-0.25, -0.2) is 8.42 Å². The van der Waals surface area contributed by atoms with Gasteiger partial charge in [-0.2, -0.15) is 0 Å². The number of nitrogens with zero attached hydrogens (tertiary/aromatic N) is 1. The minimum atomic E-state index is -3.67. The molecule has 0 bridgehead atoms. The van der Waals surface area contributed by atoms with E-state index in [1.54, 1.807) is 31.2 Å². The van der Waals surface area contributed by atoms with Gasteiger partial charge in [0.15, 0.2) is 0 Å². The first-order valence-corrected chi connectivity index (χ1v) is 12.1. The molecule has 2 atom stereocenters. The van der Waals surface area contributed by atoms with Crippen molar-refractivity contribution in [1.29, 1.82) is 0 Å². The van der Waals surface area contributed by atoms with Crippen LogP contribution >= 0.6 is 11.6 Å². The number of aryl methyl sites for hydroxylation is 2. The van der Waals surface area contributed by atoms with Gasteiger partial charge in [0.05, 0.1) is 18.0 Å². The van der Waals surface area contributed by atoms with Crippen molar-refractivity contribution in [2.24, 2.45) is 0 Å². The molecule has 0 aromatic heterocycles. The van der Waals surface area contributed by atoms with Gasteiger partial charge in [-0.3, -0.25) is 9.10 Å². The number of hydrogen-bond acceptors (Lipinski definition) is 3. The zero-order valence-corrected chi connectivity index (χ0v) is 18.6. The molecule has 1 aliphatic rings. The van der Waals surface area contributed by atoms with E-state index < -0.39 is 16.1 Å². The van der Waals surface area contributed by atoms with E-state index in [1.807, 2.05) is 13.0 Å². The normalized spacial score (nSPS) is 15.4.